The van der Waals surface area contributed by atoms with Crippen LogP contribution < -0.4 is 10.6 Å². The third kappa shape index (κ3) is 4.83. The molecule has 0 saturated carbocycles. The zero-order valence-corrected chi connectivity index (χ0v) is 10.9. The van der Waals surface area contributed by atoms with Gasteiger partial charge in [0, 0.05) is 24.8 Å². The van der Waals surface area contributed by atoms with Gasteiger partial charge in [0.2, 0.25) is 0 Å². The topological polar surface area (TPSA) is 53.1 Å². The average Bonchev–Trinajstić information content (AvgIpc) is 2.33. The summed E-state index contributed by atoms with van der Waals surface area (Å²) in [6, 6.07) is 2.86. The molecule has 3 nitrogen and oxygen atoms in total. The Labute approximate surface area is 116 Å². The van der Waals surface area contributed by atoms with Gasteiger partial charge in [-0.25, -0.2) is 0 Å². The highest BCUT2D eigenvalue weighted by Gasteiger charge is 2.35. The standard InChI is InChI=1S/C12H13F6N3/c1-21(5-4-11(13,14)15)7-2-3-8(10(19)20)9(6-7)12(16,17)18/h2-3,6H,4-5H2,1H3,(H3,19,20). The lowest BCUT2D eigenvalue weighted by Crippen LogP contribution is -2.25. The van der Waals surface area contributed by atoms with Crippen molar-refractivity contribution in [1.29, 1.82) is 5.41 Å². The first-order valence-electron chi connectivity index (χ1n) is 5.75. The van der Waals surface area contributed by atoms with Crippen LogP contribution >= 0.6 is 0 Å². The van der Waals surface area contributed by atoms with Crippen molar-refractivity contribution in [3.63, 3.8) is 0 Å². The van der Waals surface area contributed by atoms with Crippen molar-refractivity contribution in [3.05, 3.63) is 29.3 Å². The summed E-state index contributed by atoms with van der Waals surface area (Å²) in [7, 11) is 1.26. The molecular weight excluding hydrogens is 300 g/mol. The normalized spacial score (nSPS) is 12.3. The first-order valence-corrected chi connectivity index (χ1v) is 5.75. The Morgan fingerprint density at radius 2 is 1.76 bits per heavy atom. The molecule has 3 N–H and O–H groups in total. The molecule has 1 rings (SSSR count). The Hall–Kier alpha value is -1.93. The lowest BCUT2D eigenvalue weighted by Gasteiger charge is -2.22. The molecule has 118 valence electrons. The molecule has 0 saturated heterocycles. The maximum absolute atomic E-state index is 12.9. The molecule has 1 aromatic rings. The second-order valence-corrected chi connectivity index (χ2v) is 4.43. The van der Waals surface area contributed by atoms with E-state index < -0.39 is 42.3 Å². The van der Waals surface area contributed by atoms with Crippen LogP contribution in [0.25, 0.3) is 0 Å². The van der Waals surface area contributed by atoms with Crippen LogP contribution in [0.5, 0.6) is 0 Å². The van der Waals surface area contributed by atoms with E-state index in [2.05, 4.69) is 0 Å². The average molecular weight is 313 g/mol. The van der Waals surface area contributed by atoms with E-state index in [9.17, 15) is 26.3 Å². The summed E-state index contributed by atoms with van der Waals surface area (Å²) in [6.07, 6.45) is -10.3. The van der Waals surface area contributed by atoms with E-state index in [0.717, 1.165) is 11.0 Å². The van der Waals surface area contributed by atoms with Gasteiger partial charge in [-0.05, 0) is 18.2 Å². The molecule has 0 fully saturated rings. The Kier molecular flexibility index (Phi) is 4.75. The first-order chi connectivity index (χ1) is 9.42. The van der Waals surface area contributed by atoms with Crippen LogP contribution in [0, 0.1) is 5.41 Å². The van der Waals surface area contributed by atoms with Crippen LogP contribution in [-0.2, 0) is 6.18 Å². The number of nitrogens with zero attached hydrogens (tertiary/aromatic N) is 1. The maximum Gasteiger partial charge on any atom is 0.417 e. The van der Waals surface area contributed by atoms with E-state index >= 15 is 0 Å². The zero-order valence-electron chi connectivity index (χ0n) is 10.9. The van der Waals surface area contributed by atoms with E-state index in [-0.39, 0.29) is 5.69 Å². The van der Waals surface area contributed by atoms with Crippen molar-refractivity contribution < 1.29 is 26.3 Å². The maximum atomic E-state index is 12.9. The van der Waals surface area contributed by atoms with Crippen molar-refractivity contribution in [2.75, 3.05) is 18.5 Å². The second-order valence-electron chi connectivity index (χ2n) is 4.43. The number of amidine groups is 1. The van der Waals surface area contributed by atoms with Gasteiger partial charge in [-0.2, -0.15) is 26.3 Å². The third-order valence-electron chi connectivity index (χ3n) is 2.77. The van der Waals surface area contributed by atoms with Gasteiger partial charge in [-0.1, -0.05) is 0 Å². The lowest BCUT2D eigenvalue weighted by molar-refractivity contribution is -0.138. The summed E-state index contributed by atoms with van der Waals surface area (Å²) < 4.78 is 75.0. The van der Waals surface area contributed by atoms with Gasteiger partial charge in [-0.3, -0.25) is 5.41 Å². The van der Waals surface area contributed by atoms with E-state index in [0.29, 0.717) is 6.07 Å². The Morgan fingerprint density at radius 1 is 1.19 bits per heavy atom. The number of anilines is 1. The summed E-state index contributed by atoms with van der Waals surface area (Å²) in [6.45, 7) is -0.472. The molecular formula is C12H13F6N3. The van der Waals surface area contributed by atoms with Crippen LogP contribution in [0.4, 0.5) is 32.0 Å². The molecule has 0 amide bonds. The van der Waals surface area contributed by atoms with Gasteiger partial charge >= 0.3 is 12.4 Å². The number of nitrogen functional groups attached to an aromatic ring is 1. The number of nitrogens with one attached hydrogen (secondary N) is 1. The molecule has 0 aliphatic carbocycles. The predicted molar refractivity (Wildman–Crippen MR) is 66.4 cm³/mol. The van der Waals surface area contributed by atoms with Crippen LogP contribution in [0.2, 0.25) is 0 Å². The number of nitrogens with two attached hydrogens (primary N) is 1. The quantitative estimate of drug-likeness (QED) is 0.509. The second kappa shape index (κ2) is 5.82. The number of hydrogen-bond donors (Lipinski definition) is 2. The van der Waals surface area contributed by atoms with Gasteiger partial charge < -0.3 is 10.6 Å². The lowest BCUT2D eigenvalue weighted by atomic mass is 10.0. The minimum absolute atomic E-state index is 0.0309. The highest BCUT2D eigenvalue weighted by atomic mass is 19.4. The minimum atomic E-state index is -4.75. The molecule has 21 heavy (non-hydrogen) atoms. The Bertz CT molecular complexity index is 521. The van der Waals surface area contributed by atoms with E-state index in [1.165, 1.54) is 13.1 Å². The van der Waals surface area contributed by atoms with Gasteiger partial charge in [0.1, 0.15) is 5.84 Å². The van der Waals surface area contributed by atoms with Gasteiger partial charge in [-0.15, -0.1) is 0 Å². The van der Waals surface area contributed by atoms with Crippen LogP contribution in [0.3, 0.4) is 0 Å². The molecule has 0 aromatic heterocycles. The summed E-state index contributed by atoms with van der Waals surface area (Å²) in [5.41, 5.74) is 3.39. The van der Waals surface area contributed by atoms with E-state index in [1.54, 1.807) is 0 Å². The Morgan fingerprint density at radius 3 is 2.19 bits per heavy atom. The zero-order chi connectivity index (χ0) is 16.4. The number of benzene rings is 1. The van der Waals surface area contributed by atoms with Crippen LogP contribution in [-0.4, -0.2) is 25.6 Å². The molecule has 0 aliphatic rings. The SMILES string of the molecule is CN(CCC(F)(F)F)c1ccc(C(=N)N)c(C(F)(F)F)c1. The molecule has 0 aliphatic heterocycles. The molecule has 0 bridgehead atoms. The molecule has 0 unspecified atom stereocenters. The Balaban J connectivity index is 3.08. The van der Waals surface area contributed by atoms with Crippen molar-refractivity contribution in [1.82, 2.24) is 0 Å². The molecule has 1 aromatic carbocycles. The van der Waals surface area contributed by atoms with Crippen LogP contribution in [0.1, 0.15) is 17.5 Å². The fraction of sp³-hybridized carbons (Fsp3) is 0.417. The number of halogens is 6. The number of alkyl halides is 6. The summed E-state index contributed by atoms with van der Waals surface area (Å²) in [5, 5.41) is 7.11. The molecule has 0 spiro atoms. The van der Waals surface area contributed by atoms with Crippen molar-refractivity contribution in [2.45, 2.75) is 18.8 Å². The molecule has 0 heterocycles. The minimum Gasteiger partial charge on any atom is -0.384 e. The number of hydrogen-bond acceptors (Lipinski definition) is 2. The molecule has 0 atom stereocenters. The van der Waals surface area contributed by atoms with Crippen molar-refractivity contribution in [2.24, 2.45) is 5.73 Å². The fourth-order valence-electron chi connectivity index (χ4n) is 1.66. The van der Waals surface area contributed by atoms with E-state index in [4.69, 9.17) is 11.1 Å². The number of rotatable bonds is 4. The summed E-state index contributed by atoms with van der Waals surface area (Å²) in [5.74, 6) is -0.758. The summed E-state index contributed by atoms with van der Waals surface area (Å²) >= 11 is 0. The molecule has 9 heteroatoms. The van der Waals surface area contributed by atoms with Gasteiger partial charge in [0.15, 0.2) is 0 Å². The fourth-order valence-corrected chi connectivity index (χ4v) is 1.66. The van der Waals surface area contributed by atoms with Crippen molar-refractivity contribution in [3.8, 4) is 0 Å². The monoisotopic (exact) mass is 313 g/mol. The van der Waals surface area contributed by atoms with Gasteiger partial charge in [0.25, 0.3) is 0 Å². The highest BCUT2D eigenvalue weighted by Crippen LogP contribution is 2.34. The van der Waals surface area contributed by atoms with Gasteiger partial charge in [0.05, 0.1) is 12.0 Å². The first kappa shape index (κ1) is 17.1. The molecule has 0 radical (unpaired) electrons. The van der Waals surface area contributed by atoms with Crippen molar-refractivity contribution >= 4 is 11.5 Å². The largest absolute Gasteiger partial charge is 0.417 e. The highest BCUT2D eigenvalue weighted by molar-refractivity contribution is 5.97. The summed E-state index contributed by atoms with van der Waals surface area (Å²) in [4.78, 5) is 1.06. The third-order valence-corrected chi connectivity index (χ3v) is 2.77. The van der Waals surface area contributed by atoms with E-state index in [1.807, 2.05) is 0 Å². The predicted octanol–water partition coefficient (Wildman–Crippen LogP) is 3.38. The smallest absolute Gasteiger partial charge is 0.384 e. The van der Waals surface area contributed by atoms with Crippen LogP contribution in [0.15, 0.2) is 18.2 Å².